The van der Waals surface area contributed by atoms with E-state index in [0.717, 1.165) is 29.5 Å². The number of hydrogen-bond donors (Lipinski definition) is 1. The number of rotatable bonds is 12. The van der Waals surface area contributed by atoms with Gasteiger partial charge in [-0.3, -0.25) is 9.59 Å². The Labute approximate surface area is 206 Å². The summed E-state index contributed by atoms with van der Waals surface area (Å²) >= 11 is 0. The van der Waals surface area contributed by atoms with Crippen molar-refractivity contribution in [3.63, 3.8) is 0 Å². The number of benzene rings is 3. The van der Waals surface area contributed by atoms with Crippen LogP contribution in [-0.4, -0.2) is 35.9 Å². The smallest absolute Gasteiger partial charge is 0.261 e. The Hall–Kier alpha value is -3.67. The lowest BCUT2D eigenvalue weighted by atomic mass is 10.0. The van der Waals surface area contributed by atoms with Crippen molar-refractivity contribution in [2.24, 2.45) is 0 Å². The first-order valence-electron chi connectivity index (χ1n) is 12.0. The number of carbonyl (C=O) groups is 2. The molecule has 184 valence electrons. The van der Waals surface area contributed by atoms with E-state index in [-0.39, 0.29) is 30.8 Å². The van der Waals surface area contributed by atoms with Crippen LogP contribution in [0.25, 0.3) is 0 Å². The molecule has 0 bridgehead atoms. The average molecular weight is 477 g/mol. The quantitative estimate of drug-likeness (QED) is 0.372. The minimum absolute atomic E-state index is 0.190. The van der Waals surface area contributed by atoms with Gasteiger partial charge in [0.15, 0.2) is 6.61 Å². The molecule has 0 spiro atoms. The summed E-state index contributed by atoms with van der Waals surface area (Å²) in [4.78, 5) is 28.4. The third-order valence-electron chi connectivity index (χ3n) is 5.71. The van der Waals surface area contributed by atoms with Gasteiger partial charge < -0.3 is 15.0 Å². The maximum Gasteiger partial charge on any atom is 0.261 e. The zero-order chi connectivity index (χ0) is 25.0. The fourth-order valence-corrected chi connectivity index (χ4v) is 3.83. The minimum atomic E-state index is -0.709. The van der Waals surface area contributed by atoms with Gasteiger partial charge in [0.2, 0.25) is 5.91 Å². The summed E-state index contributed by atoms with van der Waals surface area (Å²) in [5, 5.41) is 3.00. The van der Waals surface area contributed by atoms with Crippen molar-refractivity contribution < 1.29 is 18.7 Å². The van der Waals surface area contributed by atoms with Gasteiger partial charge in [0, 0.05) is 19.5 Å². The first kappa shape index (κ1) is 25.9. The van der Waals surface area contributed by atoms with Crippen molar-refractivity contribution in [1.82, 2.24) is 10.2 Å². The molecule has 0 saturated carbocycles. The van der Waals surface area contributed by atoms with Crippen molar-refractivity contribution in [3.8, 4) is 5.75 Å². The van der Waals surface area contributed by atoms with Gasteiger partial charge in [-0.25, -0.2) is 4.39 Å². The Balaban J connectivity index is 1.87. The lowest BCUT2D eigenvalue weighted by Gasteiger charge is -2.31. The molecule has 0 aliphatic carbocycles. The van der Waals surface area contributed by atoms with Gasteiger partial charge in [0.25, 0.3) is 5.91 Å². The van der Waals surface area contributed by atoms with E-state index in [4.69, 9.17) is 4.74 Å². The lowest BCUT2D eigenvalue weighted by molar-refractivity contribution is -0.142. The van der Waals surface area contributed by atoms with Crippen LogP contribution in [0.4, 0.5) is 4.39 Å². The van der Waals surface area contributed by atoms with Crippen molar-refractivity contribution in [1.29, 1.82) is 0 Å². The zero-order valence-corrected chi connectivity index (χ0v) is 20.4. The van der Waals surface area contributed by atoms with Gasteiger partial charge in [-0.1, -0.05) is 73.5 Å². The molecule has 0 heterocycles. The molecule has 3 aromatic carbocycles. The highest BCUT2D eigenvalue weighted by atomic mass is 19.1. The number of carbonyl (C=O) groups excluding carboxylic acids is 2. The lowest BCUT2D eigenvalue weighted by Crippen LogP contribution is -2.51. The number of nitrogens with zero attached hydrogens (tertiary/aromatic N) is 1. The van der Waals surface area contributed by atoms with Crippen molar-refractivity contribution in [2.45, 2.75) is 45.7 Å². The molecule has 5 nitrogen and oxygen atoms in total. The van der Waals surface area contributed by atoms with Gasteiger partial charge in [-0.05, 0) is 48.7 Å². The molecule has 2 amide bonds. The first-order valence-corrected chi connectivity index (χ1v) is 12.0. The summed E-state index contributed by atoms with van der Waals surface area (Å²) in [6.07, 6.45) is 2.21. The Kier molecular flexibility index (Phi) is 9.84. The Morgan fingerprint density at radius 3 is 2.37 bits per heavy atom. The van der Waals surface area contributed by atoms with Crippen LogP contribution in [0.1, 0.15) is 36.5 Å². The van der Waals surface area contributed by atoms with Crippen LogP contribution < -0.4 is 10.1 Å². The second-order valence-corrected chi connectivity index (χ2v) is 8.60. The highest BCUT2D eigenvalue weighted by molar-refractivity contribution is 5.88. The van der Waals surface area contributed by atoms with Crippen molar-refractivity contribution in [2.75, 3.05) is 13.2 Å². The van der Waals surface area contributed by atoms with Gasteiger partial charge >= 0.3 is 0 Å². The van der Waals surface area contributed by atoms with E-state index in [9.17, 15) is 14.0 Å². The zero-order valence-electron chi connectivity index (χ0n) is 20.4. The van der Waals surface area contributed by atoms with E-state index in [2.05, 4.69) is 12.2 Å². The van der Waals surface area contributed by atoms with Crippen LogP contribution in [0.2, 0.25) is 0 Å². The standard InChI is InChI=1S/C29H33FN2O3/c1-3-4-17-31-29(34)27(19-23-10-6-5-7-11-23)32(20-24-12-8-9-22(2)18-24)28(33)21-35-26-15-13-25(30)14-16-26/h5-16,18,27H,3-4,17,19-21H2,1-2H3,(H,31,34)/t27-/m1/s1. The van der Waals surface area contributed by atoms with Crippen LogP contribution in [0.3, 0.4) is 0 Å². The SMILES string of the molecule is CCCCNC(=O)[C@@H](Cc1ccccc1)N(Cc1cccc(C)c1)C(=O)COc1ccc(F)cc1. The molecule has 0 saturated heterocycles. The maximum absolute atomic E-state index is 13.5. The van der Waals surface area contributed by atoms with E-state index < -0.39 is 6.04 Å². The number of unbranched alkanes of at least 4 members (excludes halogenated alkanes) is 1. The Morgan fingerprint density at radius 1 is 0.971 bits per heavy atom. The third kappa shape index (κ3) is 8.25. The Morgan fingerprint density at radius 2 is 1.69 bits per heavy atom. The fraction of sp³-hybridized carbons (Fsp3) is 0.310. The molecule has 0 radical (unpaired) electrons. The highest BCUT2D eigenvalue weighted by Crippen LogP contribution is 2.17. The first-order chi connectivity index (χ1) is 17.0. The summed E-state index contributed by atoms with van der Waals surface area (Å²) in [6.45, 7) is 4.62. The minimum Gasteiger partial charge on any atom is -0.484 e. The number of ether oxygens (including phenoxy) is 1. The van der Waals surface area contributed by atoms with E-state index in [1.165, 1.54) is 24.3 Å². The largest absolute Gasteiger partial charge is 0.484 e. The van der Waals surface area contributed by atoms with E-state index >= 15 is 0 Å². The van der Waals surface area contributed by atoms with Crippen molar-refractivity contribution >= 4 is 11.8 Å². The second-order valence-electron chi connectivity index (χ2n) is 8.60. The molecule has 0 aromatic heterocycles. The summed E-state index contributed by atoms with van der Waals surface area (Å²) in [5.74, 6) is -0.494. The summed E-state index contributed by atoms with van der Waals surface area (Å²) in [5.41, 5.74) is 2.97. The summed E-state index contributed by atoms with van der Waals surface area (Å²) < 4.78 is 18.9. The molecule has 0 aliphatic rings. The molecule has 1 N–H and O–H groups in total. The fourth-order valence-electron chi connectivity index (χ4n) is 3.83. The van der Waals surface area contributed by atoms with Crippen LogP contribution in [0.15, 0.2) is 78.9 Å². The molecule has 3 aromatic rings. The molecule has 0 fully saturated rings. The second kappa shape index (κ2) is 13.3. The van der Waals surface area contributed by atoms with E-state index in [0.29, 0.717) is 18.7 Å². The average Bonchev–Trinajstić information content (AvgIpc) is 2.86. The predicted molar refractivity (Wildman–Crippen MR) is 135 cm³/mol. The monoisotopic (exact) mass is 476 g/mol. The number of halogens is 1. The molecule has 3 rings (SSSR count). The molecule has 1 atom stereocenters. The highest BCUT2D eigenvalue weighted by Gasteiger charge is 2.30. The normalized spacial score (nSPS) is 11.5. The van der Waals surface area contributed by atoms with E-state index in [1.54, 1.807) is 4.90 Å². The number of nitrogens with one attached hydrogen (secondary N) is 1. The Bertz CT molecular complexity index is 1090. The van der Waals surface area contributed by atoms with Crippen LogP contribution in [-0.2, 0) is 22.6 Å². The number of amides is 2. The van der Waals surface area contributed by atoms with Crippen LogP contribution >= 0.6 is 0 Å². The summed E-state index contributed by atoms with van der Waals surface area (Å²) in [7, 11) is 0. The van der Waals surface area contributed by atoms with Crippen molar-refractivity contribution in [3.05, 3.63) is 101 Å². The van der Waals surface area contributed by atoms with E-state index in [1.807, 2.05) is 61.5 Å². The molecule has 6 heteroatoms. The molecule has 0 aliphatic heterocycles. The van der Waals surface area contributed by atoms with Crippen LogP contribution in [0.5, 0.6) is 5.75 Å². The van der Waals surface area contributed by atoms with Gasteiger partial charge in [0.05, 0.1) is 0 Å². The number of aryl methyl sites for hydroxylation is 1. The molecule has 35 heavy (non-hydrogen) atoms. The molecule has 0 unspecified atom stereocenters. The predicted octanol–water partition coefficient (Wildman–Crippen LogP) is 5.07. The van der Waals surface area contributed by atoms with Gasteiger partial charge in [-0.15, -0.1) is 0 Å². The van der Waals surface area contributed by atoms with Gasteiger partial charge in [-0.2, -0.15) is 0 Å². The van der Waals surface area contributed by atoms with Gasteiger partial charge in [0.1, 0.15) is 17.6 Å². The maximum atomic E-state index is 13.5. The van der Waals surface area contributed by atoms with Crippen LogP contribution in [0, 0.1) is 12.7 Å². The number of hydrogen-bond acceptors (Lipinski definition) is 3. The topological polar surface area (TPSA) is 58.6 Å². The summed E-state index contributed by atoms with van der Waals surface area (Å²) in [6, 6.07) is 22.4. The third-order valence-corrected chi connectivity index (χ3v) is 5.71. The molecular weight excluding hydrogens is 443 g/mol. The molecular formula is C29H33FN2O3.